The Kier molecular flexibility index (Phi) is 8.51. The molecule has 5 nitrogen and oxygen atoms in total. The van der Waals surface area contributed by atoms with Crippen LogP contribution < -0.4 is 15.4 Å². The van der Waals surface area contributed by atoms with E-state index in [9.17, 15) is 0 Å². The third-order valence-electron chi connectivity index (χ3n) is 4.31. The summed E-state index contributed by atoms with van der Waals surface area (Å²) in [5.74, 6) is 2.16. The molecule has 1 unspecified atom stereocenters. The number of halogens is 1. The van der Waals surface area contributed by atoms with E-state index in [-0.39, 0.29) is 24.0 Å². The molecular weight excluding hydrogens is 403 g/mol. The smallest absolute Gasteiger partial charge is 0.191 e. The maximum atomic E-state index is 6.05. The highest BCUT2D eigenvalue weighted by molar-refractivity contribution is 14.0. The van der Waals surface area contributed by atoms with Crippen molar-refractivity contribution in [2.75, 3.05) is 44.7 Å². The minimum Gasteiger partial charge on any atom is -0.495 e. The molecule has 1 fully saturated rings. The predicted molar refractivity (Wildman–Crippen MR) is 108 cm³/mol. The van der Waals surface area contributed by atoms with Crippen LogP contribution in [0.5, 0.6) is 5.75 Å². The highest BCUT2D eigenvalue weighted by Gasteiger charge is 2.24. The Morgan fingerprint density at radius 3 is 2.70 bits per heavy atom. The first kappa shape index (κ1) is 19.9. The number of ether oxygens (including phenoxy) is 1. The number of nitrogens with two attached hydrogens (primary N) is 1. The predicted octanol–water partition coefficient (Wildman–Crippen LogP) is 2.80. The molecule has 1 saturated heterocycles. The summed E-state index contributed by atoms with van der Waals surface area (Å²) in [7, 11) is 1.72. The fourth-order valence-electron chi connectivity index (χ4n) is 2.96. The van der Waals surface area contributed by atoms with Crippen molar-refractivity contribution in [2.45, 2.75) is 20.3 Å². The Morgan fingerprint density at radius 1 is 1.35 bits per heavy atom. The van der Waals surface area contributed by atoms with Gasteiger partial charge in [0.2, 0.25) is 0 Å². The number of anilines is 1. The molecule has 1 aliphatic heterocycles. The minimum atomic E-state index is 0. The van der Waals surface area contributed by atoms with Crippen LogP contribution in [0.4, 0.5) is 5.69 Å². The van der Waals surface area contributed by atoms with Crippen LogP contribution in [-0.4, -0.2) is 50.7 Å². The van der Waals surface area contributed by atoms with E-state index in [1.165, 1.54) is 5.69 Å². The lowest BCUT2D eigenvalue weighted by Crippen LogP contribution is -2.37. The maximum absolute atomic E-state index is 6.05. The summed E-state index contributed by atoms with van der Waals surface area (Å²) in [4.78, 5) is 9.05. The van der Waals surface area contributed by atoms with Crippen LogP contribution in [0.2, 0.25) is 0 Å². The second-order valence-electron chi connectivity index (χ2n) is 5.64. The van der Waals surface area contributed by atoms with E-state index in [1.807, 2.05) is 12.1 Å². The van der Waals surface area contributed by atoms with Crippen molar-refractivity contribution < 1.29 is 4.74 Å². The average molecular weight is 432 g/mol. The first-order valence-corrected chi connectivity index (χ1v) is 8.12. The SMILES string of the molecule is CCN(CC)C(N)=NCC1CCN(c2ccccc2OC)C1.I. The molecule has 1 aliphatic rings. The molecule has 0 amide bonds. The molecule has 1 atom stereocenters. The Bertz CT molecular complexity index is 505. The molecule has 2 rings (SSSR count). The molecule has 6 heteroatoms. The first-order chi connectivity index (χ1) is 10.7. The van der Waals surface area contributed by atoms with Crippen LogP contribution in [0.3, 0.4) is 0 Å². The number of rotatable bonds is 6. The fraction of sp³-hybridized carbons (Fsp3) is 0.588. The Balaban J connectivity index is 0.00000264. The van der Waals surface area contributed by atoms with Crippen LogP contribution in [0.25, 0.3) is 0 Å². The van der Waals surface area contributed by atoms with E-state index in [4.69, 9.17) is 10.5 Å². The van der Waals surface area contributed by atoms with Crippen molar-refractivity contribution in [3.63, 3.8) is 0 Å². The summed E-state index contributed by atoms with van der Waals surface area (Å²) in [6.45, 7) is 8.87. The topological polar surface area (TPSA) is 54.1 Å². The van der Waals surface area contributed by atoms with Crippen LogP contribution in [0.1, 0.15) is 20.3 Å². The second kappa shape index (κ2) is 9.85. The third-order valence-corrected chi connectivity index (χ3v) is 4.31. The van der Waals surface area contributed by atoms with Crippen molar-refractivity contribution in [2.24, 2.45) is 16.6 Å². The average Bonchev–Trinajstić information content (AvgIpc) is 3.02. The number of benzene rings is 1. The largest absolute Gasteiger partial charge is 0.495 e. The highest BCUT2D eigenvalue weighted by atomic mass is 127. The molecule has 2 N–H and O–H groups in total. The van der Waals surface area contributed by atoms with Gasteiger partial charge in [-0.1, -0.05) is 12.1 Å². The second-order valence-corrected chi connectivity index (χ2v) is 5.64. The molecule has 1 heterocycles. The summed E-state index contributed by atoms with van der Waals surface area (Å²) in [6, 6.07) is 8.20. The quantitative estimate of drug-likeness (QED) is 0.427. The zero-order valence-electron chi connectivity index (χ0n) is 14.4. The van der Waals surface area contributed by atoms with Crippen LogP contribution in [0, 0.1) is 5.92 Å². The lowest BCUT2D eigenvalue weighted by molar-refractivity contribution is 0.414. The van der Waals surface area contributed by atoms with Crippen LogP contribution >= 0.6 is 24.0 Å². The van der Waals surface area contributed by atoms with Crippen molar-refractivity contribution in [1.82, 2.24) is 4.90 Å². The van der Waals surface area contributed by atoms with E-state index < -0.39 is 0 Å². The van der Waals surface area contributed by atoms with E-state index in [0.29, 0.717) is 11.9 Å². The van der Waals surface area contributed by atoms with Gasteiger partial charge >= 0.3 is 0 Å². The van der Waals surface area contributed by atoms with Crippen molar-refractivity contribution in [3.8, 4) is 5.75 Å². The van der Waals surface area contributed by atoms with Gasteiger partial charge in [0.05, 0.1) is 12.8 Å². The zero-order valence-corrected chi connectivity index (χ0v) is 16.7. The van der Waals surface area contributed by atoms with Gasteiger partial charge in [-0.25, -0.2) is 0 Å². The van der Waals surface area contributed by atoms with Crippen molar-refractivity contribution >= 4 is 35.6 Å². The lowest BCUT2D eigenvalue weighted by atomic mass is 10.1. The van der Waals surface area contributed by atoms with Crippen molar-refractivity contribution in [1.29, 1.82) is 0 Å². The molecule has 0 saturated carbocycles. The van der Waals surface area contributed by atoms with E-state index in [0.717, 1.165) is 44.9 Å². The summed E-state index contributed by atoms with van der Waals surface area (Å²) in [5.41, 5.74) is 7.23. The minimum absolute atomic E-state index is 0. The standard InChI is InChI=1S/C17H28N4O.HI/c1-4-20(5-2)17(18)19-12-14-10-11-21(13-14)15-8-6-7-9-16(15)22-3;/h6-9,14H,4-5,10-13H2,1-3H3,(H2,18,19);1H. The molecule has 0 spiro atoms. The molecule has 1 aromatic rings. The Morgan fingerprint density at radius 2 is 2.04 bits per heavy atom. The van der Waals surface area contributed by atoms with Gasteiger partial charge in [-0.15, -0.1) is 24.0 Å². The highest BCUT2D eigenvalue weighted by Crippen LogP contribution is 2.31. The lowest BCUT2D eigenvalue weighted by Gasteiger charge is -2.21. The molecule has 130 valence electrons. The molecule has 23 heavy (non-hydrogen) atoms. The molecule has 0 radical (unpaired) electrons. The Hall–Kier alpha value is -1.18. The van der Waals surface area contributed by atoms with E-state index in [2.05, 4.69) is 40.8 Å². The number of aliphatic imine (C=N–C) groups is 1. The van der Waals surface area contributed by atoms with Gasteiger partial charge in [-0.2, -0.15) is 0 Å². The number of nitrogens with zero attached hydrogens (tertiary/aromatic N) is 3. The van der Waals surface area contributed by atoms with Gasteiger partial charge in [0.15, 0.2) is 5.96 Å². The number of para-hydroxylation sites is 2. The molecule has 0 bridgehead atoms. The van der Waals surface area contributed by atoms with Gasteiger partial charge in [0.25, 0.3) is 0 Å². The molecule has 1 aromatic carbocycles. The number of hydrogen-bond acceptors (Lipinski definition) is 3. The van der Waals surface area contributed by atoms with Crippen LogP contribution in [0.15, 0.2) is 29.3 Å². The number of hydrogen-bond donors (Lipinski definition) is 1. The van der Waals surface area contributed by atoms with E-state index >= 15 is 0 Å². The molecule has 0 aliphatic carbocycles. The zero-order chi connectivity index (χ0) is 15.9. The third kappa shape index (κ3) is 5.16. The van der Waals surface area contributed by atoms with Crippen molar-refractivity contribution in [3.05, 3.63) is 24.3 Å². The van der Waals surface area contributed by atoms with Gasteiger partial charge in [0.1, 0.15) is 5.75 Å². The maximum Gasteiger partial charge on any atom is 0.191 e. The number of methoxy groups -OCH3 is 1. The fourth-order valence-corrected chi connectivity index (χ4v) is 2.96. The van der Waals surface area contributed by atoms with Gasteiger partial charge in [-0.05, 0) is 38.3 Å². The van der Waals surface area contributed by atoms with Gasteiger partial charge < -0.3 is 20.3 Å². The molecule has 0 aromatic heterocycles. The normalized spacial score (nSPS) is 17.8. The summed E-state index contributed by atoms with van der Waals surface area (Å²) in [5, 5.41) is 0. The first-order valence-electron chi connectivity index (χ1n) is 8.12. The summed E-state index contributed by atoms with van der Waals surface area (Å²) < 4.78 is 5.46. The summed E-state index contributed by atoms with van der Waals surface area (Å²) in [6.07, 6.45) is 1.15. The monoisotopic (exact) mass is 432 g/mol. The Labute approximate surface area is 156 Å². The van der Waals surface area contributed by atoms with Crippen LogP contribution in [-0.2, 0) is 0 Å². The van der Waals surface area contributed by atoms with E-state index in [1.54, 1.807) is 7.11 Å². The van der Waals surface area contributed by atoms with Gasteiger partial charge in [0, 0.05) is 32.7 Å². The van der Waals surface area contributed by atoms with Gasteiger partial charge in [-0.3, -0.25) is 4.99 Å². The summed E-state index contributed by atoms with van der Waals surface area (Å²) >= 11 is 0. The number of guanidine groups is 1. The molecular formula is C17H29IN4O.